The Balaban J connectivity index is 1.91. The van der Waals surface area contributed by atoms with Gasteiger partial charge in [-0.2, -0.15) is 0 Å². The molecule has 1 aliphatic heterocycles. The minimum atomic E-state index is -0.958. The van der Waals surface area contributed by atoms with E-state index in [2.05, 4.69) is 0 Å². The maximum atomic E-state index is 13.9. The maximum Gasteiger partial charge on any atom is 0.305 e. The van der Waals surface area contributed by atoms with Gasteiger partial charge in [0, 0.05) is 38.2 Å². The lowest BCUT2D eigenvalue weighted by Crippen LogP contribution is -2.50. The van der Waals surface area contributed by atoms with Crippen molar-refractivity contribution in [2.24, 2.45) is 5.92 Å². The molecule has 0 aliphatic carbocycles. The summed E-state index contributed by atoms with van der Waals surface area (Å²) >= 11 is 6.53. The van der Waals surface area contributed by atoms with Crippen LogP contribution < -0.4 is 0 Å². The molecule has 0 aromatic heterocycles. The Morgan fingerprint density at radius 2 is 1.82 bits per heavy atom. The van der Waals surface area contributed by atoms with Gasteiger partial charge in [0.25, 0.3) is 0 Å². The Bertz CT molecular complexity index is 984. The number of rotatable bonds is 11. The lowest BCUT2D eigenvalue weighted by atomic mass is 9.83. The zero-order valence-corrected chi connectivity index (χ0v) is 20.1. The molecule has 2 aromatic rings. The number of benzene rings is 2. The fourth-order valence-electron chi connectivity index (χ4n) is 4.47. The molecule has 8 heteroatoms. The van der Waals surface area contributed by atoms with E-state index in [-0.39, 0.29) is 31.2 Å². The number of ether oxygens (including phenoxy) is 1. The van der Waals surface area contributed by atoms with Crippen molar-refractivity contribution in [2.45, 2.75) is 31.7 Å². The van der Waals surface area contributed by atoms with Crippen LogP contribution in [0, 0.1) is 5.92 Å². The van der Waals surface area contributed by atoms with Gasteiger partial charge in [0.15, 0.2) is 0 Å². The molecule has 0 spiro atoms. The minimum Gasteiger partial charge on any atom is -0.481 e. The molecule has 1 N–H and O–H groups in total. The summed E-state index contributed by atoms with van der Waals surface area (Å²) in [6.45, 7) is 1.19. The molecule has 1 saturated heterocycles. The normalized spacial score (nSPS) is 18.1. The summed E-state index contributed by atoms with van der Waals surface area (Å²) in [4.78, 5) is 41.4. The standard InChI is InChI=1S/C26H31ClN2O5/c1-34-18-17-29-23(30)12-11-21(25(29)20-9-5-6-10-22(20)27)26(33)28(16-14-24(31)32)15-13-19-7-3-2-4-8-19/h2-10,21,25H,11-18H2,1H3,(H,31,32)/t21-,25+/m1/s1. The second-order valence-corrected chi connectivity index (χ2v) is 8.80. The minimum absolute atomic E-state index is 0.0487. The molecule has 2 atom stereocenters. The lowest BCUT2D eigenvalue weighted by Gasteiger charge is -2.42. The van der Waals surface area contributed by atoms with Crippen LogP contribution in [0.2, 0.25) is 5.02 Å². The van der Waals surface area contributed by atoms with Crippen LogP contribution in [0.3, 0.4) is 0 Å². The Morgan fingerprint density at radius 3 is 2.50 bits per heavy atom. The molecule has 0 radical (unpaired) electrons. The predicted molar refractivity (Wildman–Crippen MR) is 129 cm³/mol. The highest BCUT2D eigenvalue weighted by molar-refractivity contribution is 6.31. The van der Waals surface area contributed by atoms with Crippen molar-refractivity contribution in [2.75, 3.05) is 33.4 Å². The van der Waals surface area contributed by atoms with Crippen molar-refractivity contribution in [3.8, 4) is 0 Å². The van der Waals surface area contributed by atoms with Crippen LogP contribution in [0.4, 0.5) is 0 Å². The number of carbonyl (C=O) groups excluding carboxylic acids is 2. The van der Waals surface area contributed by atoms with Crippen LogP contribution in [-0.2, 0) is 25.5 Å². The van der Waals surface area contributed by atoms with E-state index in [1.165, 1.54) is 0 Å². The van der Waals surface area contributed by atoms with Gasteiger partial charge in [-0.15, -0.1) is 0 Å². The third kappa shape index (κ3) is 6.58. The number of aliphatic carboxylic acids is 1. The number of halogens is 1. The van der Waals surface area contributed by atoms with E-state index in [9.17, 15) is 19.5 Å². The number of carboxylic acid groups (broad SMARTS) is 1. The Hall–Kier alpha value is -2.90. The van der Waals surface area contributed by atoms with Crippen molar-refractivity contribution in [1.82, 2.24) is 9.80 Å². The first kappa shape index (κ1) is 25.7. The molecule has 2 amide bonds. The topological polar surface area (TPSA) is 87.2 Å². The molecule has 2 aromatic carbocycles. The van der Waals surface area contributed by atoms with Gasteiger partial charge in [0.1, 0.15) is 0 Å². The smallest absolute Gasteiger partial charge is 0.305 e. The van der Waals surface area contributed by atoms with Gasteiger partial charge in [-0.05, 0) is 30.0 Å². The van der Waals surface area contributed by atoms with Crippen molar-refractivity contribution in [3.05, 3.63) is 70.7 Å². The fraction of sp³-hybridized carbons (Fsp3) is 0.423. The Morgan fingerprint density at radius 1 is 1.12 bits per heavy atom. The fourth-order valence-corrected chi connectivity index (χ4v) is 4.72. The van der Waals surface area contributed by atoms with Crippen LogP contribution in [-0.4, -0.2) is 66.0 Å². The second kappa shape index (κ2) is 12.5. The highest BCUT2D eigenvalue weighted by Gasteiger charge is 2.42. The molecular formula is C26H31ClN2O5. The van der Waals surface area contributed by atoms with E-state index in [4.69, 9.17) is 16.3 Å². The average Bonchev–Trinajstić information content (AvgIpc) is 2.83. The molecule has 0 unspecified atom stereocenters. The highest BCUT2D eigenvalue weighted by Crippen LogP contribution is 2.40. The van der Waals surface area contributed by atoms with Crippen molar-refractivity contribution >= 4 is 29.4 Å². The van der Waals surface area contributed by atoms with Crippen molar-refractivity contribution in [1.29, 1.82) is 0 Å². The molecule has 1 fully saturated rings. The van der Waals surface area contributed by atoms with Crippen LogP contribution in [0.5, 0.6) is 0 Å². The zero-order chi connectivity index (χ0) is 24.5. The number of hydrogen-bond donors (Lipinski definition) is 1. The SMILES string of the molecule is COCCN1C(=O)CC[C@@H](C(=O)N(CCC(=O)O)CCc2ccccc2)[C@@H]1c1ccccc1Cl. The third-order valence-electron chi connectivity index (χ3n) is 6.20. The molecule has 34 heavy (non-hydrogen) atoms. The molecule has 0 bridgehead atoms. The summed E-state index contributed by atoms with van der Waals surface area (Å²) in [5.41, 5.74) is 1.78. The molecule has 7 nitrogen and oxygen atoms in total. The second-order valence-electron chi connectivity index (χ2n) is 8.40. The summed E-state index contributed by atoms with van der Waals surface area (Å²) in [5.74, 6) is -1.69. The quantitative estimate of drug-likeness (QED) is 0.522. The molecule has 0 saturated carbocycles. The summed E-state index contributed by atoms with van der Waals surface area (Å²) < 4.78 is 5.22. The number of likely N-dealkylation sites (tertiary alicyclic amines) is 1. The van der Waals surface area contributed by atoms with Gasteiger partial charge in [-0.3, -0.25) is 14.4 Å². The Kier molecular flexibility index (Phi) is 9.48. The molecule has 1 heterocycles. The van der Waals surface area contributed by atoms with Gasteiger partial charge in [-0.25, -0.2) is 0 Å². The van der Waals surface area contributed by atoms with E-state index >= 15 is 0 Å². The van der Waals surface area contributed by atoms with Crippen LogP contribution in [0.1, 0.15) is 36.4 Å². The third-order valence-corrected chi connectivity index (χ3v) is 6.55. The van der Waals surface area contributed by atoms with Crippen LogP contribution in [0.25, 0.3) is 0 Å². The number of methoxy groups -OCH3 is 1. The van der Waals surface area contributed by atoms with Gasteiger partial charge in [-0.1, -0.05) is 60.1 Å². The molecule has 1 aliphatic rings. The van der Waals surface area contributed by atoms with Crippen LogP contribution >= 0.6 is 11.6 Å². The number of amides is 2. The summed E-state index contributed by atoms with van der Waals surface area (Å²) in [6, 6.07) is 16.5. The van der Waals surface area contributed by atoms with E-state index in [0.29, 0.717) is 43.1 Å². The number of nitrogens with zero attached hydrogens (tertiary/aromatic N) is 2. The van der Waals surface area contributed by atoms with Crippen molar-refractivity contribution < 1.29 is 24.2 Å². The summed E-state index contributed by atoms with van der Waals surface area (Å²) in [5, 5.41) is 9.75. The summed E-state index contributed by atoms with van der Waals surface area (Å²) in [6.07, 6.45) is 1.09. The average molecular weight is 487 g/mol. The lowest BCUT2D eigenvalue weighted by molar-refractivity contribution is -0.149. The number of carbonyl (C=O) groups is 3. The highest BCUT2D eigenvalue weighted by atomic mass is 35.5. The van der Waals surface area contributed by atoms with Gasteiger partial charge in [0.05, 0.1) is 25.0 Å². The Labute approximate surface area is 205 Å². The van der Waals surface area contributed by atoms with E-state index < -0.39 is 17.9 Å². The van der Waals surface area contributed by atoms with Gasteiger partial charge < -0.3 is 19.6 Å². The van der Waals surface area contributed by atoms with Crippen LogP contribution in [0.15, 0.2) is 54.6 Å². The zero-order valence-electron chi connectivity index (χ0n) is 19.4. The number of piperidine rings is 1. The molecule has 3 rings (SSSR count). The first-order chi connectivity index (χ1) is 16.4. The molecule has 182 valence electrons. The predicted octanol–water partition coefficient (Wildman–Crippen LogP) is 3.81. The van der Waals surface area contributed by atoms with Gasteiger partial charge >= 0.3 is 5.97 Å². The number of carboxylic acids is 1. The largest absolute Gasteiger partial charge is 0.481 e. The summed E-state index contributed by atoms with van der Waals surface area (Å²) in [7, 11) is 1.57. The van der Waals surface area contributed by atoms with Crippen molar-refractivity contribution in [3.63, 3.8) is 0 Å². The monoisotopic (exact) mass is 486 g/mol. The first-order valence-corrected chi connectivity index (χ1v) is 11.9. The molecular weight excluding hydrogens is 456 g/mol. The van der Waals surface area contributed by atoms with E-state index in [1.807, 2.05) is 48.5 Å². The first-order valence-electron chi connectivity index (χ1n) is 11.5. The number of hydrogen-bond acceptors (Lipinski definition) is 4. The van der Waals surface area contributed by atoms with E-state index in [1.54, 1.807) is 23.0 Å². The van der Waals surface area contributed by atoms with E-state index in [0.717, 1.165) is 5.56 Å². The van der Waals surface area contributed by atoms with Gasteiger partial charge in [0.2, 0.25) is 11.8 Å². The maximum absolute atomic E-state index is 13.9.